The van der Waals surface area contributed by atoms with Crippen molar-refractivity contribution in [3.63, 3.8) is 0 Å². The summed E-state index contributed by atoms with van der Waals surface area (Å²) in [4.78, 5) is 26.4. The number of halogens is 2. The SMILES string of the molecule is Cc1cccc(CN2C(=O)S/C(=C\c3cc(Br)cc(I)c3O)C2=O)c1. The number of imide groups is 1. The zero-order valence-corrected chi connectivity index (χ0v) is 17.7. The molecule has 2 aromatic carbocycles. The van der Waals surface area contributed by atoms with Crippen molar-refractivity contribution in [2.24, 2.45) is 0 Å². The minimum atomic E-state index is -0.342. The molecular weight excluding hydrogens is 517 g/mol. The van der Waals surface area contributed by atoms with E-state index in [2.05, 4.69) is 15.9 Å². The molecule has 0 radical (unpaired) electrons. The number of carbonyl (C=O) groups is 2. The molecule has 0 aliphatic carbocycles. The Balaban J connectivity index is 1.89. The maximum absolute atomic E-state index is 12.6. The van der Waals surface area contributed by atoms with Gasteiger partial charge in [0.1, 0.15) is 5.75 Å². The third kappa shape index (κ3) is 4.09. The van der Waals surface area contributed by atoms with E-state index in [1.807, 2.05) is 53.8 Å². The van der Waals surface area contributed by atoms with Crippen LogP contribution in [-0.4, -0.2) is 21.2 Å². The van der Waals surface area contributed by atoms with Crippen molar-refractivity contribution in [1.29, 1.82) is 0 Å². The van der Waals surface area contributed by atoms with E-state index in [-0.39, 0.29) is 23.4 Å². The summed E-state index contributed by atoms with van der Waals surface area (Å²) in [6, 6.07) is 11.2. The summed E-state index contributed by atoms with van der Waals surface area (Å²) in [5, 5.41) is 9.87. The molecule has 0 aromatic heterocycles. The Morgan fingerprint density at radius 1 is 1.28 bits per heavy atom. The normalized spacial score (nSPS) is 16.1. The van der Waals surface area contributed by atoms with E-state index in [1.165, 1.54) is 4.90 Å². The van der Waals surface area contributed by atoms with Crippen LogP contribution in [0.3, 0.4) is 0 Å². The van der Waals surface area contributed by atoms with Gasteiger partial charge in [0.2, 0.25) is 0 Å². The van der Waals surface area contributed by atoms with Crippen molar-refractivity contribution in [3.8, 4) is 5.75 Å². The molecule has 3 rings (SSSR count). The number of aryl methyl sites for hydroxylation is 1. The molecule has 0 atom stereocenters. The average molecular weight is 530 g/mol. The molecule has 1 heterocycles. The molecule has 2 aromatic rings. The number of nitrogens with zero attached hydrogens (tertiary/aromatic N) is 1. The second kappa shape index (κ2) is 7.51. The van der Waals surface area contributed by atoms with Crippen molar-refractivity contribution in [1.82, 2.24) is 4.90 Å². The van der Waals surface area contributed by atoms with Gasteiger partial charge in [-0.1, -0.05) is 45.8 Å². The molecule has 1 fully saturated rings. The molecule has 25 heavy (non-hydrogen) atoms. The van der Waals surface area contributed by atoms with Crippen LogP contribution < -0.4 is 0 Å². The number of phenols is 1. The molecule has 1 saturated heterocycles. The summed E-state index contributed by atoms with van der Waals surface area (Å²) in [7, 11) is 0. The molecule has 1 N–H and O–H groups in total. The summed E-state index contributed by atoms with van der Waals surface area (Å²) in [6.07, 6.45) is 1.56. The van der Waals surface area contributed by atoms with E-state index < -0.39 is 0 Å². The van der Waals surface area contributed by atoms with E-state index in [4.69, 9.17) is 0 Å². The van der Waals surface area contributed by atoms with Gasteiger partial charge in [0, 0.05) is 10.0 Å². The highest BCUT2D eigenvalue weighted by atomic mass is 127. The second-order valence-electron chi connectivity index (χ2n) is 5.58. The van der Waals surface area contributed by atoms with Gasteiger partial charge < -0.3 is 5.11 Å². The van der Waals surface area contributed by atoms with Gasteiger partial charge in [0.05, 0.1) is 15.0 Å². The van der Waals surface area contributed by atoms with Crippen LogP contribution in [0.15, 0.2) is 45.8 Å². The minimum Gasteiger partial charge on any atom is -0.506 e. The highest BCUT2D eigenvalue weighted by molar-refractivity contribution is 14.1. The number of amides is 2. The van der Waals surface area contributed by atoms with Crippen molar-refractivity contribution >= 4 is 67.5 Å². The maximum Gasteiger partial charge on any atom is 0.293 e. The molecule has 0 bridgehead atoms. The van der Waals surface area contributed by atoms with Gasteiger partial charge in [-0.2, -0.15) is 0 Å². The van der Waals surface area contributed by atoms with Gasteiger partial charge in [0.15, 0.2) is 0 Å². The highest BCUT2D eigenvalue weighted by Crippen LogP contribution is 2.36. The lowest BCUT2D eigenvalue weighted by Gasteiger charge is -2.12. The topological polar surface area (TPSA) is 57.6 Å². The van der Waals surface area contributed by atoms with E-state index in [0.29, 0.717) is 14.0 Å². The molecule has 128 valence electrons. The van der Waals surface area contributed by atoms with Crippen LogP contribution in [0, 0.1) is 10.5 Å². The Morgan fingerprint density at radius 3 is 2.76 bits per heavy atom. The fraction of sp³-hybridized carbons (Fsp3) is 0.111. The number of aromatic hydroxyl groups is 1. The molecular formula is C18H13BrINO3S. The van der Waals surface area contributed by atoms with Crippen LogP contribution in [0.5, 0.6) is 5.75 Å². The van der Waals surface area contributed by atoms with Gasteiger partial charge in [0.25, 0.3) is 11.1 Å². The maximum atomic E-state index is 12.6. The second-order valence-corrected chi connectivity index (χ2v) is 8.65. The molecule has 0 unspecified atom stereocenters. The first-order chi connectivity index (χ1) is 11.8. The van der Waals surface area contributed by atoms with Gasteiger partial charge >= 0.3 is 0 Å². The Bertz CT molecular complexity index is 913. The molecule has 2 amide bonds. The lowest BCUT2D eigenvalue weighted by Crippen LogP contribution is -2.27. The summed E-state index contributed by atoms with van der Waals surface area (Å²) >= 11 is 6.28. The number of thioether (sulfide) groups is 1. The number of rotatable bonds is 3. The fourth-order valence-corrected chi connectivity index (χ4v) is 4.85. The first-order valence-corrected chi connectivity index (χ1v) is 10.0. The summed E-state index contributed by atoms with van der Waals surface area (Å²) < 4.78 is 1.46. The number of hydrogen-bond donors (Lipinski definition) is 1. The summed E-state index contributed by atoms with van der Waals surface area (Å²) in [5.74, 6) is -0.250. The largest absolute Gasteiger partial charge is 0.506 e. The Kier molecular flexibility index (Phi) is 5.55. The first kappa shape index (κ1) is 18.5. The molecule has 4 nitrogen and oxygen atoms in total. The minimum absolute atomic E-state index is 0.0919. The van der Waals surface area contributed by atoms with Crippen LogP contribution in [0.25, 0.3) is 6.08 Å². The smallest absolute Gasteiger partial charge is 0.293 e. The number of benzene rings is 2. The highest BCUT2D eigenvalue weighted by Gasteiger charge is 2.35. The molecule has 7 heteroatoms. The Morgan fingerprint density at radius 2 is 2.04 bits per heavy atom. The van der Waals surface area contributed by atoms with Crippen LogP contribution in [0.2, 0.25) is 0 Å². The zero-order chi connectivity index (χ0) is 18.1. The van der Waals surface area contributed by atoms with Crippen molar-refractivity contribution in [2.75, 3.05) is 0 Å². The number of phenolic OH excluding ortho intramolecular Hbond substituents is 1. The third-order valence-electron chi connectivity index (χ3n) is 3.64. The van der Waals surface area contributed by atoms with E-state index in [0.717, 1.165) is 27.4 Å². The Hall–Kier alpha value is -1.32. The van der Waals surface area contributed by atoms with Crippen LogP contribution >= 0.6 is 50.3 Å². The number of carbonyl (C=O) groups excluding carboxylic acids is 2. The lowest BCUT2D eigenvalue weighted by atomic mass is 10.1. The quantitative estimate of drug-likeness (QED) is 0.433. The first-order valence-electron chi connectivity index (χ1n) is 7.34. The van der Waals surface area contributed by atoms with Crippen molar-refractivity contribution in [3.05, 3.63) is 66.0 Å². The monoisotopic (exact) mass is 529 g/mol. The Labute approximate surface area is 171 Å². The van der Waals surface area contributed by atoms with E-state index >= 15 is 0 Å². The molecule has 1 aliphatic rings. The van der Waals surface area contributed by atoms with Gasteiger partial charge in [-0.05, 0) is 65.0 Å². The predicted octanol–water partition coefficient (Wildman–Crippen LogP) is 5.30. The van der Waals surface area contributed by atoms with Crippen molar-refractivity contribution < 1.29 is 14.7 Å². The predicted molar refractivity (Wildman–Crippen MR) is 111 cm³/mol. The van der Waals surface area contributed by atoms with Crippen LogP contribution in [0.4, 0.5) is 4.79 Å². The molecule has 1 aliphatic heterocycles. The summed E-state index contributed by atoms with van der Waals surface area (Å²) in [6.45, 7) is 2.21. The zero-order valence-electron chi connectivity index (χ0n) is 13.1. The summed E-state index contributed by atoms with van der Waals surface area (Å²) in [5.41, 5.74) is 2.48. The van der Waals surface area contributed by atoms with Crippen LogP contribution in [-0.2, 0) is 11.3 Å². The average Bonchev–Trinajstić information content (AvgIpc) is 2.80. The van der Waals surface area contributed by atoms with E-state index in [1.54, 1.807) is 18.2 Å². The van der Waals surface area contributed by atoms with Gasteiger partial charge in [-0.25, -0.2) is 0 Å². The molecule has 0 spiro atoms. The van der Waals surface area contributed by atoms with Crippen molar-refractivity contribution in [2.45, 2.75) is 13.5 Å². The van der Waals surface area contributed by atoms with Crippen LogP contribution in [0.1, 0.15) is 16.7 Å². The lowest BCUT2D eigenvalue weighted by molar-refractivity contribution is -0.123. The standard InChI is InChI=1S/C18H13BrINO3S/c1-10-3-2-4-11(5-10)9-21-17(23)15(25-18(21)24)7-12-6-13(19)8-14(20)16(12)22/h2-8,22H,9H2,1H3/b15-7-. The van der Waals surface area contributed by atoms with Gasteiger partial charge in [-0.3, -0.25) is 14.5 Å². The fourth-order valence-electron chi connectivity index (χ4n) is 2.47. The molecule has 0 saturated carbocycles. The number of hydrogen-bond acceptors (Lipinski definition) is 4. The van der Waals surface area contributed by atoms with E-state index in [9.17, 15) is 14.7 Å². The third-order valence-corrected chi connectivity index (χ3v) is 5.83. The van der Waals surface area contributed by atoms with Gasteiger partial charge in [-0.15, -0.1) is 0 Å².